The number of aliphatic hydroxyl groups is 1. The number of hydrogen-bond donors (Lipinski definition) is 4. The maximum Gasteiger partial charge on any atom is 0.325 e. The van der Waals surface area contributed by atoms with Crippen molar-refractivity contribution in [3.05, 3.63) is 27.4 Å². The van der Waals surface area contributed by atoms with E-state index in [0.29, 0.717) is 0 Å². The molecule has 1 aliphatic carbocycles. The molecule has 1 saturated heterocycles. The van der Waals surface area contributed by atoms with Crippen LogP contribution in [-0.4, -0.2) is 40.0 Å². The minimum absolute atomic E-state index is 0.0452. The largest absolute Gasteiger partial charge is 0.376 e. The lowest BCUT2D eigenvalue weighted by Crippen LogP contribution is -2.72. The van der Waals surface area contributed by atoms with E-state index in [1.165, 1.54) is 13.1 Å². The number of fused-ring (bicyclic) bond motifs is 1. The summed E-state index contributed by atoms with van der Waals surface area (Å²) in [5.74, 6) is -1.52. The van der Waals surface area contributed by atoms with Crippen LogP contribution in [0.1, 0.15) is 0 Å². The fraction of sp³-hybridized carbons (Fsp3) is 0.273. The molecule has 1 aliphatic heterocycles. The van der Waals surface area contributed by atoms with Gasteiger partial charge in [0.1, 0.15) is 11.9 Å². The number of amides is 2. The second-order valence-corrected chi connectivity index (χ2v) is 5.64. The average Bonchev–Trinajstić information content (AvgIpc) is 2.38. The summed E-state index contributed by atoms with van der Waals surface area (Å²) in [6, 6.07) is -0.642. The van der Waals surface area contributed by atoms with Crippen LogP contribution in [0.15, 0.2) is 27.4 Å². The second-order valence-electron chi connectivity index (χ2n) is 4.41. The van der Waals surface area contributed by atoms with E-state index in [0.717, 1.165) is 4.90 Å². The third-order valence-electron chi connectivity index (χ3n) is 3.21. The monoisotopic (exact) mass is 348 g/mol. The Morgan fingerprint density at radius 2 is 2.29 bits per heavy atom. The van der Waals surface area contributed by atoms with Gasteiger partial charge in [0.15, 0.2) is 5.11 Å². The normalized spacial score (nSPS) is 28.5. The van der Waals surface area contributed by atoms with E-state index >= 15 is 0 Å². The molecule has 1 heterocycles. The van der Waals surface area contributed by atoms with Gasteiger partial charge in [-0.25, -0.2) is 9.59 Å². The van der Waals surface area contributed by atoms with Crippen molar-refractivity contribution < 1.29 is 14.7 Å². The topological polar surface area (TPSA) is 108 Å². The predicted molar refractivity (Wildman–Crippen MR) is 80.7 cm³/mol. The van der Waals surface area contributed by atoms with Gasteiger partial charge in [0.25, 0.3) is 0 Å². The number of urea groups is 1. The Bertz CT molecular complexity index is 656. The van der Waals surface area contributed by atoms with Crippen molar-refractivity contribution in [2.75, 3.05) is 7.05 Å². The minimum Gasteiger partial charge on any atom is -0.376 e. The van der Waals surface area contributed by atoms with Gasteiger partial charge in [0.2, 0.25) is 5.85 Å². The molecule has 112 valence electrons. The second kappa shape index (κ2) is 5.32. The summed E-state index contributed by atoms with van der Waals surface area (Å²) >= 11 is 16.6. The van der Waals surface area contributed by atoms with Gasteiger partial charge in [0.05, 0.1) is 15.6 Å². The lowest BCUT2D eigenvalue weighted by molar-refractivity contribution is -0.117. The molecule has 0 aromatic rings. The molecule has 7 nitrogen and oxygen atoms in total. The summed E-state index contributed by atoms with van der Waals surface area (Å²) in [5.41, 5.74) is 5.44. The molecule has 0 spiro atoms. The molecule has 0 radical (unpaired) electrons. The highest BCUT2D eigenvalue weighted by molar-refractivity contribution is 7.80. The van der Waals surface area contributed by atoms with Crippen molar-refractivity contribution in [2.45, 2.75) is 5.85 Å². The van der Waals surface area contributed by atoms with Crippen molar-refractivity contribution in [1.29, 1.82) is 0 Å². The molecule has 2 atom stereocenters. The van der Waals surface area contributed by atoms with Gasteiger partial charge in [-0.15, -0.1) is 0 Å². The van der Waals surface area contributed by atoms with Gasteiger partial charge < -0.3 is 21.5 Å². The van der Waals surface area contributed by atoms with E-state index in [2.05, 4.69) is 10.6 Å². The lowest BCUT2D eigenvalue weighted by Gasteiger charge is -2.48. The van der Waals surface area contributed by atoms with Gasteiger partial charge in [-0.05, 0) is 18.3 Å². The van der Waals surface area contributed by atoms with E-state index in [1.807, 2.05) is 0 Å². The molecule has 0 aromatic carbocycles. The number of nitrogens with zero attached hydrogens (tertiary/aromatic N) is 1. The molecule has 10 heteroatoms. The zero-order valence-electron chi connectivity index (χ0n) is 10.6. The number of thiocarbonyl (C=S) groups is 1. The van der Waals surface area contributed by atoms with E-state index in [4.69, 9.17) is 41.2 Å². The van der Waals surface area contributed by atoms with E-state index in [1.54, 1.807) is 5.94 Å². The molecular formula is C11H10Cl2N4O3S. The number of nitrogens with two attached hydrogens (primary N) is 1. The third-order valence-corrected chi connectivity index (χ3v) is 4.12. The first-order valence-electron chi connectivity index (χ1n) is 5.59. The van der Waals surface area contributed by atoms with Crippen LogP contribution in [0.4, 0.5) is 4.79 Å². The van der Waals surface area contributed by atoms with Crippen LogP contribution in [0.5, 0.6) is 0 Å². The molecular weight excluding hydrogens is 339 g/mol. The van der Waals surface area contributed by atoms with Crippen LogP contribution in [0.25, 0.3) is 0 Å². The maximum absolute atomic E-state index is 11.9. The number of nitrogens with one attached hydrogen (secondary N) is 2. The van der Waals surface area contributed by atoms with Crippen molar-refractivity contribution in [2.24, 2.45) is 11.7 Å². The molecule has 21 heavy (non-hydrogen) atoms. The smallest absolute Gasteiger partial charge is 0.325 e. The first kappa shape index (κ1) is 15.8. The van der Waals surface area contributed by atoms with Crippen LogP contribution < -0.4 is 16.4 Å². The maximum atomic E-state index is 11.9. The first-order chi connectivity index (χ1) is 9.72. The van der Waals surface area contributed by atoms with E-state index in [9.17, 15) is 14.7 Å². The van der Waals surface area contributed by atoms with E-state index < -0.39 is 17.8 Å². The van der Waals surface area contributed by atoms with E-state index in [-0.39, 0.29) is 26.4 Å². The molecule has 5 N–H and O–H groups in total. The van der Waals surface area contributed by atoms with Crippen LogP contribution in [0, 0.1) is 5.92 Å². The highest BCUT2D eigenvalue weighted by Gasteiger charge is 2.53. The summed E-state index contributed by atoms with van der Waals surface area (Å²) < 4.78 is 0. The Labute approximate surface area is 135 Å². The standard InChI is InChI=1S/C11H10Cl2N4O3S/c1-17-10(19)15-6-2-5(12)8(13)4(3-18)7(6)11(17,20)16-9(14)21/h2,7,20H,1H3,(H,15,19)(H3,14,16,21). The fourth-order valence-corrected chi connectivity index (χ4v) is 2.79. The van der Waals surface area contributed by atoms with Crippen molar-refractivity contribution in [1.82, 2.24) is 15.5 Å². The SMILES string of the molecule is CN1C(=O)NC2=CC(Cl)=C(Cl)C(=C=O)C2C1(O)NC(N)=S. The number of carbonyl (C=O) groups excluding carboxylic acids is 2. The fourth-order valence-electron chi connectivity index (χ4n) is 2.22. The summed E-state index contributed by atoms with van der Waals surface area (Å²) in [5, 5.41) is 15.4. The average molecular weight is 349 g/mol. The number of halogens is 2. The van der Waals surface area contributed by atoms with Crippen LogP contribution >= 0.6 is 35.4 Å². The Hall–Kier alpha value is -1.57. The minimum atomic E-state index is -2.08. The molecule has 2 amide bonds. The van der Waals surface area contributed by atoms with Gasteiger partial charge in [-0.2, -0.15) is 0 Å². The Kier molecular flexibility index (Phi) is 4.01. The zero-order valence-corrected chi connectivity index (χ0v) is 12.9. The van der Waals surface area contributed by atoms with Gasteiger partial charge in [0, 0.05) is 12.7 Å². The highest BCUT2D eigenvalue weighted by atomic mass is 35.5. The van der Waals surface area contributed by atoms with Crippen LogP contribution in [-0.2, 0) is 4.79 Å². The number of rotatable bonds is 1. The zero-order chi connectivity index (χ0) is 15.9. The lowest BCUT2D eigenvalue weighted by atomic mass is 9.84. The molecule has 1 fully saturated rings. The molecule has 2 aliphatic rings. The quantitative estimate of drug-likeness (QED) is 0.303. The molecule has 2 rings (SSSR count). The third kappa shape index (κ3) is 2.41. The molecule has 0 saturated carbocycles. The molecule has 0 aromatic heterocycles. The highest BCUT2D eigenvalue weighted by Crippen LogP contribution is 2.43. The van der Waals surface area contributed by atoms with Gasteiger partial charge >= 0.3 is 6.03 Å². The predicted octanol–water partition coefficient (Wildman–Crippen LogP) is 0.0816. The summed E-state index contributed by atoms with van der Waals surface area (Å²) in [6.07, 6.45) is 1.34. The Morgan fingerprint density at radius 3 is 2.81 bits per heavy atom. The number of carbonyl (C=O) groups is 1. The van der Waals surface area contributed by atoms with Crippen molar-refractivity contribution in [3.8, 4) is 0 Å². The molecule has 0 bridgehead atoms. The summed E-state index contributed by atoms with van der Waals surface area (Å²) in [6.45, 7) is 0. The van der Waals surface area contributed by atoms with Gasteiger partial charge in [-0.1, -0.05) is 23.2 Å². The number of allylic oxidation sites excluding steroid dienone is 3. The van der Waals surface area contributed by atoms with Crippen molar-refractivity contribution >= 4 is 52.5 Å². The Morgan fingerprint density at radius 1 is 1.67 bits per heavy atom. The first-order valence-corrected chi connectivity index (χ1v) is 6.75. The molecule has 2 unspecified atom stereocenters. The summed E-state index contributed by atoms with van der Waals surface area (Å²) in [4.78, 5) is 24.1. The number of hydrogen-bond acceptors (Lipinski definition) is 4. The van der Waals surface area contributed by atoms with Crippen LogP contribution in [0.2, 0.25) is 0 Å². The van der Waals surface area contributed by atoms with Gasteiger partial charge in [-0.3, -0.25) is 4.90 Å². The Balaban J connectivity index is 2.65. The van der Waals surface area contributed by atoms with Crippen molar-refractivity contribution in [3.63, 3.8) is 0 Å². The van der Waals surface area contributed by atoms with Crippen LogP contribution in [0.3, 0.4) is 0 Å². The summed E-state index contributed by atoms with van der Waals surface area (Å²) in [7, 11) is 1.30.